The van der Waals surface area contributed by atoms with Gasteiger partial charge in [0.2, 0.25) is 0 Å². The predicted octanol–water partition coefficient (Wildman–Crippen LogP) is 2.30. The first-order valence-corrected chi connectivity index (χ1v) is 10.6. The zero-order valence-electron chi connectivity index (χ0n) is 13.1. The minimum absolute atomic E-state index is 0.120. The molecule has 2 N–H and O–H groups in total. The van der Waals surface area contributed by atoms with Gasteiger partial charge in [0.05, 0.1) is 10.8 Å². The predicted molar refractivity (Wildman–Crippen MR) is 95.0 cm³/mol. The van der Waals surface area contributed by atoms with Crippen LogP contribution >= 0.6 is 11.8 Å². The van der Waals surface area contributed by atoms with Crippen LogP contribution in [-0.4, -0.2) is 41.0 Å². The van der Waals surface area contributed by atoms with Crippen LogP contribution in [0, 0.1) is 0 Å². The molecule has 1 atom stereocenters. The van der Waals surface area contributed by atoms with Crippen molar-refractivity contribution in [2.24, 2.45) is 4.99 Å². The van der Waals surface area contributed by atoms with Crippen LogP contribution in [0.4, 0.5) is 0 Å². The Balaban J connectivity index is 1.69. The molecular formula is C16H20N2O4S2. The SMILES string of the molecule is O=C(NC1=NC(S(=O)(=O)C2CCCCC2)CS1)c1ccccc1O. The number of para-hydroxylation sites is 1. The Hall–Kier alpha value is -1.54. The second kappa shape index (κ2) is 7.14. The Morgan fingerprint density at radius 2 is 1.92 bits per heavy atom. The summed E-state index contributed by atoms with van der Waals surface area (Å²) in [7, 11) is -3.31. The van der Waals surface area contributed by atoms with Gasteiger partial charge in [-0.05, 0) is 25.0 Å². The molecule has 1 aromatic rings. The molecule has 0 saturated heterocycles. The summed E-state index contributed by atoms with van der Waals surface area (Å²) in [6.45, 7) is 0. The number of phenolic OH excluding ortho intramolecular Hbond substituents is 1. The minimum atomic E-state index is -3.31. The van der Waals surface area contributed by atoms with Crippen LogP contribution in [0.3, 0.4) is 0 Å². The van der Waals surface area contributed by atoms with E-state index in [0.717, 1.165) is 19.3 Å². The van der Waals surface area contributed by atoms with Crippen molar-refractivity contribution in [2.75, 3.05) is 5.75 Å². The molecular weight excluding hydrogens is 348 g/mol. The third-order valence-electron chi connectivity index (χ3n) is 4.39. The zero-order valence-corrected chi connectivity index (χ0v) is 14.8. The first-order valence-electron chi connectivity index (χ1n) is 8.01. The standard InChI is InChI=1S/C16H20N2O4S2/c19-13-9-5-4-8-12(13)15(20)18-16-17-14(10-23-16)24(21,22)11-6-2-1-3-7-11/h4-5,8-9,11,14,19H,1-3,6-7,10H2,(H,17,18,20). The van der Waals surface area contributed by atoms with Gasteiger partial charge in [0, 0.05) is 5.75 Å². The summed E-state index contributed by atoms with van der Waals surface area (Å²) in [4.78, 5) is 16.4. The van der Waals surface area contributed by atoms with Gasteiger partial charge in [-0.1, -0.05) is 43.2 Å². The Labute approximate surface area is 145 Å². The summed E-state index contributed by atoms with van der Waals surface area (Å²) in [6.07, 6.45) is 4.41. The number of sulfone groups is 1. The van der Waals surface area contributed by atoms with Crippen LogP contribution in [0.15, 0.2) is 29.3 Å². The highest BCUT2D eigenvalue weighted by atomic mass is 32.2. The number of phenols is 1. The fourth-order valence-corrected chi connectivity index (χ4v) is 6.50. The molecule has 1 amide bonds. The molecule has 0 radical (unpaired) electrons. The van der Waals surface area contributed by atoms with Crippen LogP contribution < -0.4 is 5.32 Å². The van der Waals surface area contributed by atoms with Crippen LogP contribution in [0.25, 0.3) is 0 Å². The van der Waals surface area contributed by atoms with Crippen molar-refractivity contribution >= 4 is 32.7 Å². The molecule has 1 aliphatic heterocycles. The van der Waals surface area contributed by atoms with Gasteiger partial charge in [0.25, 0.3) is 5.91 Å². The fourth-order valence-electron chi connectivity index (χ4n) is 3.04. The molecule has 1 fully saturated rings. The van der Waals surface area contributed by atoms with E-state index in [1.807, 2.05) is 0 Å². The van der Waals surface area contributed by atoms with Crippen molar-refractivity contribution in [3.8, 4) is 5.75 Å². The van der Waals surface area contributed by atoms with Crippen molar-refractivity contribution in [1.82, 2.24) is 5.32 Å². The molecule has 1 aliphatic carbocycles. The number of hydrogen-bond donors (Lipinski definition) is 2. The number of hydrogen-bond acceptors (Lipinski definition) is 6. The number of aliphatic imine (C=N–C) groups is 1. The normalized spacial score (nSPS) is 22.2. The van der Waals surface area contributed by atoms with E-state index in [9.17, 15) is 18.3 Å². The van der Waals surface area contributed by atoms with Crippen LogP contribution in [0.1, 0.15) is 42.5 Å². The number of carbonyl (C=O) groups excluding carboxylic acids is 1. The smallest absolute Gasteiger partial charge is 0.260 e. The summed E-state index contributed by atoms with van der Waals surface area (Å²) in [5, 5.41) is 11.5. The highest BCUT2D eigenvalue weighted by Crippen LogP contribution is 2.31. The summed E-state index contributed by atoms with van der Waals surface area (Å²) in [5.74, 6) is -0.282. The lowest BCUT2D eigenvalue weighted by Crippen LogP contribution is -2.33. The second-order valence-electron chi connectivity index (χ2n) is 6.02. The highest BCUT2D eigenvalue weighted by Gasteiger charge is 2.37. The van der Waals surface area contributed by atoms with Gasteiger partial charge in [0.15, 0.2) is 20.4 Å². The van der Waals surface area contributed by atoms with Crippen molar-refractivity contribution in [3.63, 3.8) is 0 Å². The molecule has 8 heteroatoms. The quantitative estimate of drug-likeness (QED) is 0.853. The van der Waals surface area contributed by atoms with E-state index in [1.54, 1.807) is 12.1 Å². The van der Waals surface area contributed by atoms with E-state index in [2.05, 4.69) is 10.3 Å². The number of nitrogens with zero attached hydrogens (tertiary/aromatic N) is 1. The summed E-state index contributed by atoms with van der Waals surface area (Å²) >= 11 is 1.23. The number of aromatic hydroxyl groups is 1. The van der Waals surface area contributed by atoms with Crippen molar-refractivity contribution in [2.45, 2.75) is 42.7 Å². The third-order valence-corrected chi connectivity index (χ3v) is 7.99. The number of rotatable bonds is 3. The van der Waals surface area contributed by atoms with E-state index in [4.69, 9.17) is 0 Å². The molecule has 1 aromatic carbocycles. The topological polar surface area (TPSA) is 95.8 Å². The maximum absolute atomic E-state index is 12.7. The number of nitrogens with one attached hydrogen (secondary N) is 1. The number of carbonyl (C=O) groups is 1. The van der Waals surface area contributed by atoms with E-state index in [-0.39, 0.29) is 16.6 Å². The Morgan fingerprint density at radius 3 is 2.62 bits per heavy atom. The highest BCUT2D eigenvalue weighted by molar-refractivity contribution is 8.14. The largest absolute Gasteiger partial charge is 0.507 e. The van der Waals surface area contributed by atoms with Gasteiger partial charge >= 0.3 is 0 Å². The van der Waals surface area contributed by atoms with E-state index in [0.29, 0.717) is 23.8 Å². The van der Waals surface area contributed by atoms with Gasteiger partial charge in [-0.15, -0.1) is 0 Å². The third kappa shape index (κ3) is 3.59. The lowest BCUT2D eigenvalue weighted by molar-refractivity contribution is 0.0975. The maximum atomic E-state index is 12.7. The molecule has 0 bridgehead atoms. The Bertz CT molecular complexity index is 755. The zero-order chi connectivity index (χ0) is 17.2. The molecule has 130 valence electrons. The molecule has 0 aromatic heterocycles. The lowest BCUT2D eigenvalue weighted by Gasteiger charge is -2.23. The first kappa shape index (κ1) is 17.3. The summed E-state index contributed by atoms with van der Waals surface area (Å²) in [6, 6.07) is 6.20. The fraction of sp³-hybridized carbons (Fsp3) is 0.500. The molecule has 24 heavy (non-hydrogen) atoms. The maximum Gasteiger partial charge on any atom is 0.260 e. The van der Waals surface area contributed by atoms with Crippen LogP contribution in [-0.2, 0) is 9.84 Å². The second-order valence-corrected chi connectivity index (χ2v) is 9.42. The van der Waals surface area contributed by atoms with E-state index >= 15 is 0 Å². The number of thioether (sulfide) groups is 1. The number of amides is 1. The van der Waals surface area contributed by atoms with Gasteiger partial charge in [-0.25, -0.2) is 13.4 Å². The molecule has 1 heterocycles. The Morgan fingerprint density at radius 1 is 1.21 bits per heavy atom. The number of amidine groups is 1. The van der Waals surface area contributed by atoms with E-state index < -0.39 is 21.1 Å². The van der Waals surface area contributed by atoms with Crippen molar-refractivity contribution in [1.29, 1.82) is 0 Å². The lowest BCUT2D eigenvalue weighted by atomic mass is 10.0. The molecule has 1 unspecified atom stereocenters. The summed E-state index contributed by atoms with van der Waals surface area (Å²) < 4.78 is 25.3. The van der Waals surface area contributed by atoms with Crippen molar-refractivity contribution in [3.05, 3.63) is 29.8 Å². The minimum Gasteiger partial charge on any atom is -0.507 e. The number of benzene rings is 1. The van der Waals surface area contributed by atoms with Gasteiger partial charge in [-0.3, -0.25) is 4.79 Å². The van der Waals surface area contributed by atoms with Gasteiger partial charge < -0.3 is 10.4 Å². The van der Waals surface area contributed by atoms with Crippen LogP contribution in [0.2, 0.25) is 0 Å². The monoisotopic (exact) mass is 368 g/mol. The van der Waals surface area contributed by atoms with E-state index in [1.165, 1.54) is 23.9 Å². The first-order chi connectivity index (χ1) is 11.5. The molecule has 0 spiro atoms. The molecule has 6 nitrogen and oxygen atoms in total. The van der Waals surface area contributed by atoms with Gasteiger partial charge in [-0.2, -0.15) is 0 Å². The molecule has 3 rings (SSSR count). The van der Waals surface area contributed by atoms with Crippen LogP contribution in [0.5, 0.6) is 5.75 Å². The molecule has 1 saturated carbocycles. The van der Waals surface area contributed by atoms with Crippen molar-refractivity contribution < 1.29 is 18.3 Å². The Kier molecular flexibility index (Phi) is 5.15. The average molecular weight is 368 g/mol. The summed E-state index contributed by atoms with van der Waals surface area (Å²) in [5.41, 5.74) is 0.138. The van der Waals surface area contributed by atoms with Gasteiger partial charge in [0.1, 0.15) is 5.75 Å². The average Bonchev–Trinajstić information content (AvgIpc) is 3.05. The molecule has 2 aliphatic rings.